The quantitative estimate of drug-likeness (QED) is 0.101. The van der Waals surface area contributed by atoms with Crippen LogP contribution in [0.3, 0.4) is 0 Å². The molecule has 238 valence electrons. The zero-order valence-corrected chi connectivity index (χ0v) is 27.0. The summed E-state index contributed by atoms with van der Waals surface area (Å²) < 4.78 is 31.5. The molecule has 1 aliphatic carbocycles. The average molecular weight is 618 g/mol. The lowest BCUT2D eigenvalue weighted by Crippen LogP contribution is -2.48. The molecule has 0 radical (unpaired) electrons. The fourth-order valence-electron chi connectivity index (χ4n) is 4.74. The van der Waals surface area contributed by atoms with E-state index in [1.54, 1.807) is 30.5 Å². The molecule has 3 rings (SSSR count). The molecule has 1 aliphatic rings. The highest BCUT2D eigenvalue weighted by atomic mass is 32.1. The van der Waals surface area contributed by atoms with Crippen LogP contribution in [0.5, 0.6) is 17.4 Å². The minimum atomic E-state index is -0.320. The van der Waals surface area contributed by atoms with E-state index in [-0.39, 0.29) is 53.3 Å². The van der Waals surface area contributed by atoms with Gasteiger partial charge in [-0.15, -0.1) is 0 Å². The van der Waals surface area contributed by atoms with Crippen molar-refractivity contribution in [3.8, 4) is 17.4 Å². The van der Waals surface area contributed by atoms with Crippen molar-refractivity contribution in [1.29, 1.82) is 0 Å². The number of benzene rings is 1. The Morgan fingerprint density at radius 2 is 1.77 bits per heavy atom. The second-order valence-electron chi connectivity index (χ2n) is 11.9. The maximum atomic E-state index is 14.1. The van der Waals surface area contributed by atoms with Gasteiger partial charge >= 0.3 is 0 Å². The number of carbonyl (C=O) groups excluding carboxylic acids is 2. The highest BCUT2D eigenvalue weighted by Gasteiger charge is 2.31. The number of rotatable bonds is 20. The Balaban J connectivity index is 1.27. The predicted molar refractivity (Wildman–Crippen MR) is 170 cm³/mol. The lowest BCUT2D eigenvalue weighted by atomic mass is 9.89. The normalized spacial score (nSPS) is 18.4. The number of nitrogens with one attached hydrogen (secondary N) is 2. The van der Waals surface area contributed by atoms with E-state index in [9.17, 15) is 14.0 Å². The Bertz CT molecular complexity index is 1160. The third kappa shape index (κ3) is 12.4. The Kier molecular flexibility index (Phi) is 14.2. The first-order valence-electron chi connectivity index (χ1n) is 15.4. The van der Waals surface area contributed by atoms with Crippen molar-refractivity contribution >= 4 is 24.2 Å². The van der Waals surface area contributed by atoms with Gasteiger partial charge in [-0.05, 0) is 75.8 Å². The van der Waals surface area contributed by atoms with Gasteiger partial charge in [0.15, 0.2) is 5.78 Å². The first kappa shape index (κ1) is 34.8. The molecule has 0 saturated heterocycles. The zero-order chi connectivity index (χ0) is 31.4. The molecule has 1 heterocycles. The van der Waals surface area contributed by atoms with Crippen LogP contribution in [0.15, 0.2) is 36.5 Å². The van der Waals surface area contributed by atoms with Gasteiger partial charge in [0.1, 0.15) is 42.4 Å². The second kappa shape index (κ2) is 17.6. The average Bonchev–Trinajstić information content (AvgIpc) is 2.95. The molecular weight excluding hydrogens is 569 g/mol. The van der Waals surface area contributed by atoms with Crippen molar-refractivity contribution < 1.29 is 28.2 Å². The fourth-order valence-corrected chi connectivity index (χ4v) is 4.96. The number of carbonyl (C=O) groups is 2. The van der Waals surface area contributed by atoms with Crippen LogP contribution < -0.4 is 24.8 Å². The summed E-state index contributed by atoms with van der Waals surface area (Å²) in [5.74, 6) is 1.35. The second-order valence-corrected chi connectivity index (χ2v) is 12.7. The lowest BCUT2D eigenvalue weighted by molar-refractivity contribution is -0.124. The van der Waals surface area contributed by atoms with Crippen molar-refractivity contribution in [3.63, 3.8) is 0 Å². The summed E-state index contributed by atoms with van der Waals surface area (Å²) in [6.45, 7) is 10.8. The summed E-state index contributed by atoms with van der Waals surface area (Å²) in [4.78, 5) is 28.8. The number of pyridine rings is 1. The van der Waals surface area contributed by atoms with Crippen LogP contribution in [0, 0.1) is 17.7 Å². The molecule has 1 aromatic carbocycles. The van der Waals surface area contributed by atoms with Gasteiger partial charge in [-0.1, -0.05) is 20.8 Å². The molecule has 1 saturated carbocycles. The molecule has 0 spiro atoms. The molecule has 2 N–H and O–H groups in total. The largest absolute Gasteiger partial charge is 0.492 e. The number of ketones is 2. The third-order valence-electron chi connectivity index (χ3n) is 7.70. The summed E-state index contributed by atoms with van der Waals surface area (Å²) in [6.07, 6.45) is 5.85. The molecule has 10 heteroatoms. The highest BCUT2D eigenvalue weighted by Crippen LogP contribution is 2.26. The molecule has 8 nitrogen and oxygen atoms in total. The van der Waals surface area contributed by atoms with E-state index in [2.05, 4.69) is 35.2 Å². The van der Waals surface area contributed by atoms with Gasteiger partial charge in [0, 0.05) is 48.3 Å². The summed E-state index contributed by atoms with van der Waals surface area (Å²) >= 11 is 4.35. The minimum absolute atomic E-state index is 0.00186. The van der Waals surface area contributed by atoms with Crippen LogP contribution in [-0.2, 0) is 16.0 Å². The zero-order valence-electron chi connectivity index (χ0n) is 26.1. The van der Waals surface area contributed by atoms with Crippen molar-refractivity contribution in [2.75, 3.05) is 19.8 Å². The number of thiol groups is 1. The Hall–Kier alpha value is -2.69. The van der Waals surface area contributed by atoms with Crippen LogP contribution >= 0.6 is 12.6 Å². The number of hydrogen-bond donors (Lipinski definition) is 3. The van der Waals surface area contributed by atoms with E-state index in [0.717, 1.165) is 25.7 Å². The van der Waals surface area contributed by atoms with Crippen LogP contribution in [0.4, 0.5) is 4.39 Å². The summed E-state index contributed by atoms with van der Waals surface area (Å²) in [5.41, 5.74) is 0.493. The maximum absolute atomic E-state index is 14.1. The molecule has 43 heavy (non-hydrogen) atoms. The van der Waals surface area contributed by atoms with E-state index in [0.29, 0.717) is 55.0 Å². The van der Waals surface area contributed by atoms with E-state index < -0.39 is 0 Å². The Morgan fingerprint density at radius 1 is 1.02 bits per heavy atom. The van der Waals surface area contributed by atoms with Crippen LogP contribution in [-0.4, -0.2) is 59.9 Å². The third-order valence-corrected chi connectivity index (χ3v) is 7.85. The van der Waals surface area contributed by atoms with Crippen molar-refractivity contribution in [3.05, 3.63) is 47.9 Å². The topological polar surface area (TPSA) is 98.8 Å². The summed E-state index contributed by atoms with van der Waals surface area (Å²) in [5, 5.41) is 6.94. The molecule has 3 atom stereocenters. The number of hydrogen-bond acceptors (Lipinski definition) is 9. The number of ether oxygens (including phenoxy) is 3. The van der Waals surface area contributed by atoms with Gasteiger partial charge in [-0.3, -0.25) is 9.59 Å². The lowest BCUT2D eigenvalue weighted by Gasteiger charge is -2.36. The molecule has 2 aromatic rings. The van der Waals surface area contributed by atoms with Crippen LogP contribution in [0.1, 0.15) is 72.3 Å². The predicted octanol–water partition coefficient (Wildman–Crippen LogP) is 5.57. The number of aromatic nitrogens is 1. The first-order chi connectivity index (χ1) is 20.5. The number of halogens is 1. The van der Waals surface area contributed by atoms with Crippen LogP contribution in [0.2, 0.25) is 0 Å². The standard InChI is InChI=1S/C33H48FN3O5S/c1-21(2)31(38)12-8-25-16-27(9-11-30(25)34)40-15-14-35-23(4)7-6-22(3)32(39)20-41-28-10-13-33(36-19-28)42-29-17-26(18-29)37-24(5)43/h9-11,13,16,19,21-24,26,29,35,37,43H,6-8,12,14-15,17-18,20H2,1-5H3. The SMILES string of the molecule is CC(S)NC1CC(Oc2ccc(OCC(=O)C(C)CCC(C)NCCOc3ccc(F)c(CCC(=O)C(C)C)c3)cn2)C1. The van der Waals surface area contributed by atoms with Gasteiger partial charge in [0.2, 0.25) is 5.88 Å². The summed E-state index contributed by atoms with van der Waals surface area (Å²) in [7, 11) is 0. The fraction of sp³-hybridized carbons (Fsp3) is 0.606. The van der Waals surface area contributed by atoms with E-state index in [4.69, 9.17) is 14.2 Å². The van der Waals surface area contributed by atoms with E-state index in [1.165, 1.54) is 6.07 Å². The first-order valence-corrected chi connectivity index (χ1v) is 15.9. The molecule has 0 amide bonds. The number of nitrogens with zero attached hydrogens (tertiary/aromatic N) is 1. The van der Waals surface area contributed by atoms with Crippen molar-refractivity contribution in [2.24, 2.45) is 11.8 Å². The molecule has 1 aromatic heterocycles. The van der Waals surface area contributed by atoms with Gasteiger partial charge < -0.3 is 24.8 Å². The number of aryl methyl sites for hydroxylation is 1. The van der Waals surface area contributed by atoms with E-state index >= 15 is 0 Å². The van der Waals surface area contributed by atoms with Gasteiger partial charge in [0.05, 0.1) is 6.20 Å². The highest BCUT2D eigenvalue weighted by molar-refractivity contribution is 7.80. The van der Waals surface area contributed by atoms with Gasteiger partial charge in [0.25, 0.3) is 0 Å². The molecule has 0 bridgehead atoms. The summed E-state index contributed by atoms with van der Waals surface area (Å²) in [6, 6.07) is 8.85. The van der Waals surface area contributed by atoms with Gasteiger partial charge in [-0.25, -0.2) is 9.37 Å². The molecule has 3 unspecified atom stereocenters. The molecule has 1 fully saturated rings. The van der Waals surface area contributed by atoms with Crippen LogP contribution in [0.25, 0.3) is 0 Å². The number of Topliss-reactive ketones (excluding diaryl/α,β-unsaturated/α-hetero) is 2. The van der Waals surface area contributed by atoms with Crippen molar-refractivity contribution in [1.82, 2.24) is 15.6 Å². The minimum Gasteiger partial charge on any atom is -0.492 e. The smallest absolute Gasteiger partial charge is 0.213 e. The maximum Gasteiger partial charge on any atom is 0.213 e. The Labute approximate surface area is 261 Å². The van der Waals surface area contributed by atoms with Crippen molar-refractivity contribution in [2.45, 2.75) is 96.7 Å². The molecule has 0 aliphatic heterocycles. The monoisotopic (exact) mass is 617 g/mol. The van der Waals surface area contributed by atoms with E-state index in [1.807, 2.05) is 27.7 Å². The molecular formula is C33H48FN3O5S. The Morgan fingerprint density at radius 3 is 2.44 bits per heavy atom. The van der Waals surface area contributed by atoms with Gasteiger partial charge in [-0.2, -0.15) is 12.6 Å².